The van der Waals surface area contributed by atoms with Gasteiger partial charge in [0.15, 0.2) is 0 Å². The molecule has 0 amide bonds. The molecule has 1 aliphatic rings. The summed E-state index contributed by atoms with van der Waals surface area (Å²) in [4.78, 5) is 0. The van der Waals surface area contributed by atoms with Crippen molar-refractivity contribution in [2.45, 2.75) is 96.0 Å². The highest BCUT2D eigenvalue weighted by atomic mass is 16.3. The Kier molecular flexibility index (Phi) is 10.3. The van der Waals surface area contributed by atoms with Crippen LogP contribution in [0.15, 0.2) is 12.2 Å². The summed E-state index contributed by atoms with van der Waals surface area (Å²) in [6.45, 7) is 0. The van der Waals surface area contributed by atoms with Gasteiger partial charge in [0.1, 0.15) is 0 Å². The smallest absolute Gasteiger partial charge is 0.0540 e. The maximum absolute atomic E-state index is 9.85. The first-order chi connectivity index (χ1) is 8.89. The predicted octanol–water partition coefficient (Wildman–Crippen LogP) is 5.38. The number of rotatable bonds is 0. The Balaban J connectivity index is 2.15. The maximum atomic E-state index is 9.85. The van der Waals surface area contributed by atoms with Crippen LogP contribution in [0.3, 0.4) is 0 Å². The van der Waals surface area contributed by atoms with Crippen LogP contribution >= 0.6 is 0 Å². The molecule has 0 saturated carbocycles. The lowest BCUT2D eigenvalue weighted by Crippen LogP contribution is -2.05. The van der Waals surface area contributed by atoms with Crippen molar-refractivity contribution in [3.8, 4) is 0 Å². The van der Waals surface area contributed by atoms with Gasteiger partial charge in [-0.25, -0.2) is 0 Å². The molecule has 0 atom stereocenters. The van der Waals surface area contributed by atoms with Crippen LogP contribution in [0.1, 0.15) is 89.9 Å². The highest BCUT2D eigenvalue weighted by Crippen LogP contribution is 2.14. The zero-order valence-electron chi connectivity index (χ0n) is 12.1. The number of aliphatic hydroxyl groups excluding tert-OH is 1. The van der Waals surface area contributed by atoms with E-state index in [1.165, 1.54) is 77.0 Å². The van der Waals surface area contributed by atoms with Crippen molar-refractivity contribution >= 4 is 0 Å². The summed E-state index contributed by atoms with van der Waals surface area (Å²) in [7, 11) is 0. The minimum absolute atomic E-state index is 0.0256. The number of aliphatic hydroxyl groups is 1. The predicted molar refractivity (Wildman–Crippen MR) is 79.8 cm³/mol. The molecule has 0 aromatic rings. The van der Waals surface area contributed by atoms with E-state index in [-0.39, 0.29) is 6.10 Å². The third kappa shape index (κ3) is 9.70. The molecule has 0 bridgehead atoms. The monoisotopic (exact) mass is 252 g/mol. The van der Waals surface area contributed by atoms with Crippen molar-refractivity contribution in [3.05, 3.63) is 12.2 Å². The SMILES string of the molecule is OC1CCCCCCC/C=C\CCCCCCC1. The molecule has 0 saturated heterocycles. The lowest BCUT2D eigenvalue weighted by atomic mass is 10.0. The summed E-state index contributed by atoms with van der Waals surface area (Å²) in [6.07, 6.45) is 22.5. The van der Waals surface area contributed by atoms with Crippen molar-refractivity contribution in [1.82, 2.24) is 0 Å². The zero-order chi connectivity index (χ0) is 12.9. The lowest BCUT2D eigenvalue weighted by Gasteiger charge is -2.10. The highest BCUT2D eigenvalue weighted by molar-refractivity contribution is 4.81. The van der Waals surface area contributed by atoms with Gasteiger partial charge in [-0.1, -0.05) is 63.5 Å². The van der Waals surface area contributed by atoms with Crippen molar-refractivity contribution in [3.63, 3.8) is 0 Å². The van der Waals surface area contributed by atoms with Crippen molar-refractivity contribution in [2.75, 3.05) is 0 Å². The van der Waals surface area contributed by atoms with Crippen LogP contribution in [0.4, 0.5) is 0 Å². The minimum atomic E-state index is -0.0256. The van der Waals surface area contributed by atoms with Crippen LogP contribution in [-0.4, -0.2) is 11.2 Å². The Hall–Kier alpha value is -0.300. The van der Waals surface area contributed by atoms with Gasteiger partial charge in [-0.3, -0.25) is 0 Å². The van der Waals surface area contributed by atoms with Crippen LogP contribution in [0.2, 0.25) is 0 Å². The van der Waals surface area contributed by atoms with Gasteiger partial charge in [-0.05, 0) is 38.5 Å². The van der Waals surface area contributed by atoms with E-state index < -0.39 is 0 Å². The first-order valence-corrected chi connectivity index (χ1v) is 8.22. The number of hydrogen-bond donors (Lipinski definition) is 1. The van der Waals surface area contributed by atoms with Gasteiger partial charge in [0.05, 0.1) is 6.10 Å². The second-order valence-electron chi connectivity index (χ2n) is 5.82. The van der Waals surface area contributed by atoms with Gasteiger partial charge >= 0.3 is 0 Å². The van der Waals surface area contributed by atoms with E-state index in [0.29, 0.717) is 0 Å². The molecule has 0 heterocycles. The van der Waals surface area contributed by atoms with Crippen LogP contribution in [0.5, 0.6) is 0 Å². The van der Waals surface area contributed by atoms with E-state index in [9.17, 15) is 5.11 Å². The second kappa shape index (κ2) is 11.8. The van der Waals surface area contributed by atoms with E-state index in [1.54, 1.807) is 0 Å². The second-order valence-corrected chi connectivity index (χ2v) is 5.82. The van der Waals surface area contributed by atoms with Crippen LogP contribution in [0, 0.1) is 0 Å². The molecule has 0 aromatic heterocycles. The van der Waals surface area contributed by atoms with Crippen LogP contribution in [-0.2, 0) is 0 Å². The molecule has 1 aliphatic carbocycles. The van der Waals surface area contributed by atoms with Gasteiger partial charge in [-0.2, -0.15) is 0 Å². The minimum Gasteiger partial charge on any atom is -0.393 e. The summed E-state index contributed by atoms with van der Waals surface area (Å²) in [5.74, 6) is 0. The molecule has 0 aromatic carbocycles. The number of hydrogen-bond acceptors (Lipinski definition) is 1. The molecule has 1 rings (SSSR count). The molecule has 1 heteroatoms. The van der Waals surface area contributed by atoms with Crippen LogP contribution in [0.25, 0.3) is 0 Å². The summed E-state index contributed by atoms with van der Waals surface area (Å²) in [6, 6.07) is 0. The van der Waals surface area contributed by atoms with E-state index in [4.69, 9.17) is 0 Å². The number of allylic oxidation sites excluding steroid dienone is 2. The lowest BCUT2D eigenvalue weighted by molar-refractivity contribution is 0.147. The molecule has 0 aliphatic heterocycles. The normalized spacial score (nSPS) is 25.4. The van der Waals surface area contributed by atoms with Crippen molar-refractivity contribution in [1.29, 1.82) is 0 Å². The maximum Gasteiger partial charge on any atom is 0.0540 e. The van der Waals surface area contributed by atoms with E-state index >= 15 is 0 Å². The van der Waals surface area contributed by atoms with E-state index in [0.717, 1.165) is 12.8 Å². The third-order valence-corrected chi connectivity index (χ3v) is 3.98. The summed E-state index contributed by atoms with van der Waals surface area (Å²) in [5, 5.41) is 9.85. The molecule has 106 valence electrons. The molecular formula is C17H32O. The van der Waals surface area contributed by atoms with Gasteiger partial charge < -0.3 is 5.11 Å². The highest BCUT2D eigenvalue weighted by Gasteiger charge is 2.03. The Bertz CT molecular complexity index is 178. The van der Waals surface area contributed by atoms with E-state index in [1.807, 2.05) is 0 Å². The third-order valence-electron chi connectivity index (χ3n) is 3.98. The van der Waals surface area contributed by atoms with Crippen molar-refractivity contribution < 1.29 is 5.11 Å². The average Bonchev–Trinajstić information content (AvgIpc) is 2.37. The van der Waals surface area contributed by atoms with Crippen molar-refractivity contribution in [2.24, 2.45) is 0 Å². The summed E-state index contributed by atoms with van der Waals surface area (Å²) >= 11 is 0. The Morgan fingerprint density at radius 3 is 1.44 bits per heavy atom. The van der Waals surface area contributed by atoms with Crippen LogP contribution < -0.4 is 0 Å². The van der Waals surface area contributed by atoms with Gasteiger partial charge in [0.25, 0.3) is 0 Å². The van der Waals surface area contributed by atoms with Gasteiger partial charge in [0, 0.05) is 0 Å². The molecule has 0 unspecified atom stereocenters. The molecule has 1 nitrogen and oxygen atoms in total. The molecule has 0 radical (unpaired) electrons. The largest absolute Gasteiger partial charge is 0.393 e. The van der Waals surface area contributed by atoms with E-state index in [2.05, 4.69) is 12.2 Å². The molecule has 18 heavy (non-hydrogen) atoms. The standard InChI is InChI=1S/C17H32O/c18-17-15-13-11-9-7-5-3-1-2-4-6-8-10-12-14-16-17/h1-2,17-18H,3-16H2/b2-1-. The Morgan fingerprint density at radius 1 is 0.556 bits per heavy atom. The Morgan fingerprint density at radius 2 is 0.944 bits per heavy atom. The molecular weight excluding hydrogens is 220 g/mol. The topological polar surface area (TPSA) is 20.2 Å². The average molecular weight is 252 g/mol. The molecule has 0 fully saturated rings. The quantitative estimate of drug-likeness (QED) is 0.574. The fraction of sp³-hybridized carbons (Fsp3) is 0.882. The van der Waals surface area contributed by atoms with Gasteiger partial charge in [-0.15, -0.1) is 0 Å². The van der Waals surface area contributed by atoms with Gasteiger partial charge in [0.2, 0.25) is 0 Å². The fourth-order valence-electron chi connectivity index (χ4n) is 2.73. The zero-order valence-corrected chi connectivity index (χ0v) is 12.1. The molecule has 1 N–H and O–H groups in total. The molecule has 0 spiro atoms. The fourth-order valence-corrected chi connectivity index (χ4v) is 2.73. The first-order valence-electron chi connectivity index (χ1n) is 8.22. The summed E-state index contributed by atoms with van der Waals surface area (Å²) < 4.78 is 0. The Labute approximate surface area is 114 Å². The first kappa shape index (κ1) is 15.8. The summed E-state index contributed by atoms with van der Waals surface area (Å²) in [5.41, 5.74) is 0.